The molecule has 114 valence electrons. The lowest BCUT2D eigenvalue weighted by Gasteiger charge is -2.15. The summed E-state index contributed by atoms with van der Waals surface area (Å²) in [6.07, 6.45) is 1.68. The molecule has 3 N–H and O–H groups in total. The molecule has 0 saturated carbocycles. The maximum atomic E-state index is 11.8. The Bertz CT molecular complexity index is 593. The van der Waals surface area contributed by atoms with Crippen molar-refractivity contribution in [2.75, 3.05) is 5.32 Å². The molecule has 0 bridgehead atoms. The van der Waals surface area contributed by atoms with Crippen LogP contribution in [0.15, 0.2) is 34.9 Å². The number of hydrogen-bond acceptors (Lipinski definition) is 4. The molecule has 0 aliphatic carbocycles. The van der Waals surface area contributed by atoms with Crippen molar-refractivity contribution in [3.63, 3.8) is 0 Å². The highest BCUT2D eigenvalue weighted by molar-refractivity contribution is 5.95. The number of oxazole rings is 1. The molecule has 0 saturated heterocycles. The normalized spacial score (nSPS) is 11.9. The minimum atomic E-state index is -0.508. The highest BCUT2D eigenvalue weighted by Gasteiger charge is 2.17. The van der Waals surface area contributed by atoms with E-state index in [1.807, 2.05) is 38.1 Å². The van der Waals surface area contributed by atoms with Crippen molar-refractivity contribution in [3.8, 4) is 11.3 Å². The fourth-order valence-electron chi connectivity index (χ4n) is 1.74. The Morgan fingerprint density at radius 3 is 2.38 bits per heavy atom. The molecule has 0 radical (unpaired) electrons. The van der Waals surface area contributed by atoms with Crippen molar-refractivity contribution >= 4 is 24.0 Å². The maximum Gasteiger partial charge on any atom is 0.241 e. The monoisotopic (exact) mass is 309 g/mol. The molecule has 0 fully saturated rings. The van der Waals surface area contributed by atoms with E-state index in [2.05, 4.69) is 10.3 Å². The van der Waals surface area contributed by atoms with Gasteiger partial charge < -0.3 is 15.5 Å². The molecule has 0 aliphatic heterocycles. The number of nitrogens with two attached hydrogens (primary N) is 1. The van der Waals surface area contributed by atoms with E-state index in [0.717, 1.165) is 5.56 Å². The lowest BCUT2D eigenvalue weighted by atomic mass is 10.0. The van der Waals surface area contributed by atoms with Gasteiger partial charge in [0.1, 0.15) is 0 Å². The molecule has 1 aromatic heterocycles. The van der Waals surface area contributed by atoms with Crippen LogP contribution < -0.4 is 11.1 Å². The zero-order valence-electron chi connectivity index (χ0n) is 12.3. The second-order valence-electron chi connectivity index (χ2n) is 5.08. The summed E-state index contributed by atoms with van der Waals surface area (Å²) in [5, 5.41) is 2.80. The Hall–Kier alpha value is -1.85. The van der Waals surface area contributed by atoms with Crippen molar-refractivity contribution in [1.29, 1.82) is 0 Å². The van der Waals surface area contributed by atoms with Gasteiger partial charge in [0.05, 0.1) is 12.2 Å². The van der Waals surface area contributed by atoms with E-state index in [4.69, 9.17) is 10.2 Å². The van der Waals surface area contributed by atoms with Crippen LogP contribution in [0.3, 0.4) is 0 Å². The number of rotatable bonds is 4. The second kappa shape index (κ2) is 7.24. The van der Waals surface area contributed by atoms with Gasteiger partial charge in [0, 0.05) is 18.2 Å². The number of amides is 1. The van der Waals surface area contributed by atoms with Crippen molar-refractivity contribution < 1.29 is 9.21 Å². The van der Waals surface area contributed by atoms with Crippen molar-refractivity contribution in [2.45, 2.75) is 26.8 Å². The summed E-state index contributed by atoms with van der Waals surface area (Å²) >= 11 is 0. The van der Waals surface area contributed by atoms with Crippen molar-refractivity contribution in [1.82, 2.24) is 4.98 Å². The van der Waals surface area contributed by atoms with Crippen LogP contribution >= 0.6 is 12.4 Å². The fourth-order valence-corrected chi connectivity index (χ4v) is 1.74. The number of aromatic nitrogens is 1. The number of carbonyl (C=O) groups excluding carboxylic acids is 1. The fraction of sp³-hybridized carbons (Fsp3) is 0.333. The molecule has 2 aromatic rings. The maximum absolute atomic E-state index is 11.8. The number of benzene rings is 1. The van der Waals surface area contributed by atoms with Gasteiger partial charge in [-0.05, 0) is 30.2 Å². The molecule has 6 heteroatoms. The van der Waals surface area contributed by atoms with Crippen molar-refractivity contribution in [2.24, 2.45) is 11.7 Å². The Labute approximate surface area is 130 Å². The second-order valence-corrected chi connectivity index (χ2v) is 5.08. The predicted molar refractivity (Wildman–Crippen MR) is 85.4 cm³/mol. The van der Waals surface area contributed by atoms with E-state index in [-0.39, 0.29) is 24.2 Å². The number of nitrogens with one attached hydrogen (secondary N) is 1. The Morgan fingerprint density at radius 2 is 1.90 bits per heavy atom. The summed E-state index contributed by atoms with van der Waals surface area (Å²) in [6, 6.07) is 6.87. The SMILES string of the molecule is Cc1ncc(-c2ccc(NC(=O)C(N)C(C)C)cc2)o1.Cl. The zero-order chi connectivity index (χ0) is 14.7. The van der Waals surface area contributed by atoms with Crippen LogP contribution in [0, 0.1) is 12.8 Å². The van der Waals surface area contributed by atoms with Crippen LogP contribution in [0.25, 0.3) is 11.3 Å². The third-order valence-electron chi connectivity index (χ3n) is 3.08. The van der Waals surface area contributed by atoms with E-state index >= 15 is 0 Å². The summed E-state index contributed by atoms with van der Waals surface area (Å²) in [5.41, 5.74) is 7.42. The number of nitrogens with zero attached hydrogens (tertiary/aromatic N) is 1. The van der Waals surface area contributed by atoms with Gasteiger partial charge in [0.2, 0.25) is 5.91 Å². The number of aryl methyl sites for hydroxylation is 1. The van der Waals surface area contributed by atoms with Gasteiger partial charge >= 0.3 is 0 Å². The summed E-state index contributed by atoms with van der Waals surface area (Å²) < 4.78 is 5.44. The number of carbonyl (C=O) groups is 1. The largest absolute Gasteiger partial charge is 0.441 e. The first-order valence-corrected chi connectivity index (χ1v) is 6.56. The van der Waals surface area contributed by atoms with E-state index in [0.29, 0.717) is 17.3 Å². The van der Waals surface area contributed by atoms with Crippen LogP contribution in [0.4, 0.5) is 5.69 Å². The quantitative estimate of drug-likeness (QED) is 0.909. The summed E-state index contributed by atoms with van der Waals surface area (Å²) in [7, 11) is 0. The molecule has 21 heavy (non-hydrogen) atoms. The van der Waals surface area contributed by atoms with E-state index in [9.17, 15) is 4.79 Å². The van der Waals surface area contributed by atoms with Crippen LogP contribution in [-0.2, 0) is 4.79 Å². The lowest BCUT2D eigenvalue weighted by Crippen LogP contribution is -2.39. The topological polar surface area (TPSA) is 81.2 Å². The average Bonchev–Trinajstić information content (AvgIpc) is 2.85. The number of anilines is 1. The Balaban J connectivity index is 0.00000220. The van der Waals surface area contributed by atoms with Crippen molar-refractivity contribution in [3.05, 3.63) is 36.4 Å². The van der Waals surface area contributed by atoms with Gasteiger partial charge in [-0.3, -0.25) is 4.79 Å². The molecule has 0 aliphatic rings. The van der Waals surface area contributed by atoms with Gasteiger partial charge in [0.15, 0.2) is 11.7 Å². The first-order valence-electron chi connectivity index (χ1n) is 6.56. The standard InChI is InChI=1S/C15H19N3O2.ClH/c1-9(2)14(16)15(19)18-12-6-4-11(5-7-12)13-8-17-10(3)20-13;/h4-9,14H,16H2,1-3H3,(H,18,19);1H. The van der Waals surface area contributed by atoms with Crippen LogP contribution in [0.2, 0.25) is 0 Å². The minimum absolute atomic E-state index is 0. The van der Waals surface area contributed by atoms with E-state index < -0.39 is 6.04 Å². The average molecular weight is 310 g/mol. The first-order chi connectivity index (χ1) is 9.47. The predicted octanol–water partition coefficient (Wildman–Crippen LogP) is 2.99. The highest BCUT2D eigenvalue weighted by Crippen LogP contribution is 2.22. The molecule has 1 atom stereocenters. The molecule has 0 spiro atoms. The molecular formula is C15H20ClN3O2. The molecule has 5 nitrogen and oxygen atoms in total. The zero-order valence-corrected chi connectivity index (χ0v) is 13.1. The molecule has 1 aromatic carbocycles. The molecule has 2 rings (SSSR count). The van der Waals surface area contributed by atoms with Crippen LogP contribution in [0.5, 0.6) is 0 Å². The first kappa shape index (κ1) is 17.2. The van der Waals surface area contributed by atoms with E-state index in [1.54, 1.807) is 13.1 Å². The smallest absolute Gasteiger partial charge is 0.241 e. The van der Waals surface area contributed by atoms with Gasteiger partial charge in [-0.25, -0.2) is 4.98 Å². The molecule has 1 amide bonds. The Kier molecular flexibility index (Phi) is 5.93. The van der Waals surface area contributed by atoms with Crippen LogP contribution in [-0.4, -0.2) is 16.9 Å². The summed E-state index contributed by atoms with van der Waals surface area (Å²) in [4.78, 5) is 15.9. The van der Waals surface area contributed by atoms with Gasteiger partial charge in [-0.15, -0.1) is 12.4 Å². The molecule has 1 unspecified atom stereocenters. The highest BCUT2D eigenvalue weighted by atomic mass is 35.5. The van der Waals surface area contributed by atoms with Gasteiger partial charge in [-0.1, -0.05) is 13.8 Å². The van der Waals surface area contributed by atoms with E-state index in [1.165, 1.54) is 0 Å². The Morgan fingerprint density at radius 1 is 1.29 bits per heavy atom. The summed E-state index contributed by atoms with van der Waals surface area (Å²) in [6.45, 7) is 5.63. The van der Waals surface area contributed by atoms with Gasteiger partial charge in [0.25, 0.3) is 0 Å². The third-order valence-corrected chi connectivity index (χ3v) is 3.08. The molecular weight excluding hydrogens is 290 g/mol. The van der Waals surface area contributed by atoms with Gasteiger partial charge in [-0.2, -0.15) is 0 Å². The summed E-state index contributed by atoms with van der Waals surface area (Å²) in [5.74, 6) is 1.26. The lowest BCUT2D eigenvalue weighted by molar-refractivity contribution is -0.118. The minimum Gasteiger partial charge on any atom is -0.441 e. The van der Waals surface area contributed by atoms with Crippen LogP contribution in [0.1, 0.15) is 19.7 Å². The molecule has 1 heterocycles. The number of halogens is 1. The third kappa shape index (κ3) is 4.31. The number of hydrogen-bond donors (Lipinski definition) is 2.